The number of ether oxygens (including phenoxy) is 1. The Balaban J connectivity index is 1.66. The zero-order chi connectivity index (χ0) is 29.4. The number of hydrogen-bond acceptors (Lipinski definition) is 4. The Morgan fingerprint density at radius 2 is 1.43 bits per heavy atom. The van der Waals surface area contributed by atoms with E-state index in [1.807, 2.05) is 31.2 Å². The first-order chi connectivity index (χ1) is 19.1. The summed E-state index contributed by atoms with van der Waals surface area (Å²) >= 11 is 0. The van der Waals surface area contributed by atoms with Crippen molar-refractivity contribution >= 4 is 29.5 Å². The van der Waals surface area contributed by atoms with Crippen molar-refractivity contribution in [3.63, 3.8) is 0 Å². The lowest BCUT2D eigenvalue weighted by Gasteiger charge is -2.26. The van der Waals surface area contributed by atoms with E-state index in [0.29, 0.717) is 11.3 Å². The van der Waals surface area contributed by atoms with Gasteiger partial charge >= 0.3 is 5.97 Å². The molecule has 0 saturated heterocycles. The second-order valence-corrected chi connectivity index (χ2v) is 8.51. The van der Waals surface area contributed by atoms with Gasteiger partial charge in [0.15, 0.2) is 0 Å². The minimum Gasteiger partial charge on any atom is -0.419 e. The zero-order valence-electron chi connectivity index (χ0n) is 21.4. The number of halogens is 5. The summed E-state index contributed by atoms with van der Waals surface area (Å²) in [6.07, 6.45) is 1.71. The Morgan fingerprint density at radius 1 is 0.850 bits per heavy atom. The summed E-state index contributed by atoms with van der Waals surface area (Å²) in [6, 6.07) is 14.7. The monoisotopic (exact) mass is 560 g/mol. The number of hydrogen-bond donors (Lipinski definition) is 1. The smallest absolute Gasteiger partial charge is 0.331 e. The molecule has 0 aliphatic carbocycles. The zero-order valence-corrected chi connectivity index (χ0v) is 21.4. The number of nitrogens with zero attached hydrogens (tertiary/aromatic N) is 1. The van der Waals surface area contributed by atoms with Crippen LogP contribution < -0.4 is 15.0 Å². The van der Waals surface area contributed by atoms with Gasteiger partial charge in [0.05, 0.1) is 12.2 Å². The normalized spacial score (nSPS) is 10.7. The van der Waals surface area contributed by atoms with Gasteiger partial charge in [0.1, 0.15) is 6.54 Å². The minimum absolute atomic E-state index is 0.226. The molecule has 0 aliphatic rings. The van der Waals surface area contributed by atoms with Crippen LogP contribution in [-0.4, -0.2) is 24.3 Å². The lowest BCUT2D eigenvalue weighted by atomic mass is 10.0. The van der Waals surface area contributed by atoms with Crippen LogP contribution in [0.15, 0.2) is 55.1 Å². The van der Waals surface area contributed by atoms with Gasteiger partial charge in [-0.1, -0.05) is 62.0 Å². The summed E-state index contributed by atoms with van der Waals surface area (Å²) in [6.45, 7) is 5.06. The second-order valence-electron chi connectivity index (χ2n) is 8.51. The number of para-hydroxylation sites is 1. The Labute approximate surface area is 227 Å². The largest absolute Gasteiger partial charge is 0.419 e. The van der Waals surface area contributed by atoms with E-state index in [4.69, 9.17) is 0 Å². The Hall–Kier alpha value is -4.54. The molecule has 0 spiro atoms. The molecule has 3 aromatic carbocycles. The minimum atomic E-state index is -2.41. The maximum Gasteiger partial charge on any atom is 0.331 e. The maximum atomic E-state index is 13.7. The highest BCUT2D eigenvalue weighted by molar-refractivity contribution is 5.97. The van der Waals surface area contributed by atoms with E-state index in [9.17, 15) is 36.3 Å². The van der Waals surface area contributed by atoms with Gasteiger partial charge in [-0.2, -0.15) is 8.78 Å². The van der Waals surface area contributed by atoms with Crippen LogP contribution in [0.3, 0.4) is 0 Å². The maximum absolute atomic E-state index is 13.7. The highest BCUT2D eigenvalue weighted by Crippen LogP contribution is 2.29. The summed E-state index contributed by atoms with van der Waals surface area (Å²) in [7, 11) is 0. The molecule has 2 amide bonds. The molecule has 0 aromatic heterocycles. The van der Waals surface area contributed by atoms with Crippen molar-refractivity contribution in [3.05, 3.63) is 101 Å². The van der Waals surface area contributed by atoms with Gasteiger partial charge in [-0.15, -0.1) is 0 Å². The van der Waals surface area contributed by atoms with Crippen molar-refractivity contribution < 1.29 is 41.1 Å². The number of carbonyl (C=O) groups is 3. The van der Waals surface area contributed by atoms with E-state index < -0.39 is 59.2 Å². The average Bonchev–Trinajstić information content (AvgIpc) is 2.97. The molecule has 1 N–H and O–H groups in total. The number of anilines is 1. The molecule has 0 radical (unpaired) electrons. The number of benzene rings is 3. The molecule has 0 aliphatic heterocycles. The summed E-state index contributed by atoms with van der Waals surface area (Å²) in [4.78, 5) is 39.0. The van der Waals surface area contributed by atoms with Crippen molar-refractivity contribution in [2.45, 2.75) is 32.7 Å². The van der Waals surface area contributed by atoms with Crippen molar-refractivity contribution in [2.75, 3.05) is 11.4 Å². The summed E-state index contributed by atoms with van der Waals surface area (Å²) < 4.78 is 71.4. The van der Waals surface area contributed by atoms with Crippen molar-refractivity contribution in [2.24, 2.45) is 0 Å². The van der Waals surface area contributed by atoms with Crippen LogP contribution in [-0.2, 0) is 27.3 Å². The standard InChI is InChI=1S/C29H25F5N2O4/c1-3-17-9-5-6-11-19(17)16-36(20-12-8-7-10-18(20)4-2)22(38)14-13-21(37)35-15-23(39)40-29-27(33)25(31)24(30)26(32)28(29)34/h4-12H,2-3,13-16H2,1H3,(H,35,37). The highest BCUT2D eigenvalue weighted by atomic mass is 19.2. The van der Waals surface area contributed by atoms with E-state index in [2.05, 4.69) is 16.6 Å². The number of nitrogens with one attached hydrogen (secondary N) is 1. The predicted molar refractivity (Wildman–Crippen MR) is 138 cm³/mol. The average molecular weight is 561 g/mol. The molecule has 0 fully saturated rings. The quantitative estimate of drug-likeness (QED) is 0.109. The van der Waals surface area contributed by atoms with Crippen molar-refractivity contribution in [1.29, 1.82) is 0 Å². The predicted octanol–water partition coefficient (Wildman–Crippen LogP) is 5.62. The molecule has 0 heterocycles. The molecule has 0 saturated carbocycles. The first-order valence-corrected chi connectivity index (χ1v) is 12.2. The van der Waals surface area contributed by atoms with E-state index >= 15 is 0 Å². The topological polar surface area (TPSA) is 75.7 Å². The summed E-state index contributed by atoms with van der Waals surface area (Å²) in [5.74, 6) is -16.1. The Morgan fingerprint density at radius 3 is 2.05 bits per heavy atom. The number of esters is 1. The molecule has 3 aromatic rings. The fraction of sp³-hybridized carbons (Fsp3) is 0.207. The van der Waals surface area contributed by atoms with Crippen molar-refractivity contribution in [3.8, 4) is 5.75 Å². The van der Waals surface area contributed by atoms with Gasteiger partial charge in [-0.25, -0.2) is 18.0 Å². The van der Waals surface area contributed by atoms with Gasteiger partial charge in [0, 0.05) is 12.8 Å². The molecule has 0 bridgehead atoms. The first kappa shape index (κ1) is 30.0. The molecule has 11 heteroatoms. The summed E-state index contributed by atoms with van der Waals surface area (Å²) in [5, 5.41) is 2.10. The third-order valence-corrected chi connectivity index (χ3v) is 5.96. The lowest BCUT2D eigenvalue weighted by molar-refractivity contribution is -0.136. The Kier molecular flexibility index (Phi) is 10.1. The van der Waals surface area contributed by atoms with Gasteiger partial charge < -0.3 is 15.0 Å². The number of aryl methyl sites for hydroxylation is 1. The lowest BCUT2D eigenvalue weighted by Crippen LogP contribution is -2.35. The number of rotatable bonds is 11. The Bertz CT molecular complexity index is 1410. The molecular formula is C29H25F5N2O4. The van der Waals surface area contributed by atoms with Crippen LogP contribution in [0.5, 0.6) is 5.75 Å². The molecule has 40 heavy (non-hydrogen) atoms. The first-order valence-electron chi connectivity index (χ1n) is 12.2. The number of carbonyl (C=O) groups excluding carboxylic acids is 3. The fourth-order valence-corrected chi connectivity index (χ4v) is 3.88. The summed E-state index contributed by atoms with van der Waals surface area (Å²) in [5.41, 5.74) is 3.24. The molecule has 3 rings (SSSR count). The van der Waals surface area contributed by atoms with Gasteiger partial charge in [0.2, 0.25) is 46.6 Å². The van der Waals surface area contributed by atoms with Crippen molar-refractivity contribution in [1.82, 2.24) is 5.32 Å². The van der Waals surface area contributed by atoms with Crippen LogP contribution in [0.1, 0.15) is 36.5 Å². The van der Waals surface area contributed by atoms with Crippen LogP contribution in [0, 0.1) is 29.1 Å². The molecule has 0 unspecified atom stereocenters. The fourth-order valence-electron chi connectivity index (χ4n) is 3.88. The second kappa shape index (κ2) is 13.5. The van der Waals surface area contributed by atoms with Crippen LogP contribution in [0.25, 0.3) is 6.08 Å². The van der Waals surface area contributed by atoms with E-state index in [1.165, 1.54) is 4.90 Å². The van der Waals surface area contributed by atoms with Gasteiger partial charge in [0.25, 0.3) is 0 Å². The third-order valence-electron chi connectivity index (χ3n) is 5.96. The number of amides is 2. The van der Waals surface area contributed by atoms with Crippen LogP contribution in [0.4, 0.5) is 27.6 Å². The van der Waals surface area contributed by atoms with E-state index in [0.717, 1.165) is 17.5 Å². The third kappa shape index (κ3) is 6.90. The van der Waals surface area contributed by atoms with Gasteiger partial charge in [-0.3, -0.25) is 9.59 Å². The van der Waals surface area contributed by atoms with Crippen LogP contribution >= 0.6 is 0 Å². The molecule has 210 valence electrons. The van der Waals surface area contributed by atoms with Crippen LogP contribution in [0.2, 0.25) is 0 Å². The highest BCUT2D eigenvalue weighted by Gasteiger charge is 2.28. The molecule has 0 atom stereocenters. The molecular weight excluding hydrogens is 535 g/mol. The molecule has 6 nitrogen and oxygen atoms in total. The van der Waals surface area contributed by atoms with E-state index in [1.54, 1.807) is 30.3 Å². The van der Waals surface area contributed by atoms with E-state index in [-0.39, 0.29) is 19.4 Å². The SMILES string of the molecule is C=Cc1ccccc1N(Cc1ccccc1CC)C(=O)CCC(=O)NCC(=O)Oc1c(F)c(F)c(F)c(F)c1F. The van der Waals surface area contributed by atoms with Gasteiger partial charge in [-0.05, 0) is 29.2 Å².